The van der Waals surface area contributed by atoms with Crippen molar-refractivity contribution < 1.29 is 0 Å². The number of rotatable bonds is 3. The zero-order chi connectivity index (χ0) is 18.9. The molecular weight excluding hydrogens is 320 g/mol. The first kappa shape index (κ1) is 20.6. The van der Waals surface area contributed by atoms with Crippen molar-refractivity contribution in [2.75, 3.05) is 58.9 Å². The Morgan fingerprint density at radius 3 is 1.96 bits per heavy atom. The highest BCUT2D eigenvalue weighted by atomic mass is 15.3. The molecule has 0 N–H and O–H groups in total. The van der Waals surface area contributed by atoms with Gasteiger partial charge in [-0.05, 0) is 79.8 Å². The van der Waals surface area contributed by atoms with E-state index in [9.17, 15) is 0 Å². The summed E-state index contributed by atoms with van der Waals surface area (Å²) >= 11 is 0. The number of nitrogens with zero attached hydrogens (tertiary/aromatic N) is 4. The fourth-order valence-electron chi connectivity index (χ4n) is 5.17. The van der Waals surface area contributed by atoms with Crippen LogP contribution in [0.5, 0.6) is 0 Å². The highest BCUT2D eigenvalue weighted by Gasteiger charge is 2.35. The van der Waals surface area contributed by atoms with Crippen molar-refractivity contribution in [2.24, 2.45) is 5.92 Å². The van der Waals surface area contributed by atoms with Crippen LogP contribution in [0.1, 0.15) is 60.8 Å². The smallest absolute Gasteiger partial charge is 0.0223 e. The van der Waals surface area contributed by atoms with E-state index in [2.05, 4.69) is 61.1 Å². The van der Waals surface area contributed by atoms with E-state index >= 15 is 0 Å². The second kappa shape index (κ2) is 8.06. The van der Waals surface area contributed by atoms with E-state index in [0.29, 0.717) is 11.1 Å². The number of piperazine rings is 1. The summed E-state index contributed by atoms with van der Waals surface area (Å²) in [7, 11) is 0. The van der Waals surface area contributed by atoms with Crippen LogP contribution in [0.25, 0.3) is 0 Å². The van der Waals surface area contributed by atoms with Gasteiger partial charge < -0.3 is 4.90 Å². The first-order chi connectivity index (χ1) is 12.1. The summed E-state index contributed by atoms with van der Waals surface area (Å²) in [5.74, 6) is 0.890. The first-order valence-electron chi connectivity index (χ1n) is 11.1. The van der Waals surface area contributed by atoms with Crippen LogP contribution in [0.15, 0.2) is 0 Å². The van der Waals surface area contributed by atoms with Crippen molar-refractivity contribution in [1.82, 2.24) is 19.6 Å². The Kier molecular flexibility index (Phi) is 6.38. The fourth-order valence-corrected chi connectivity index (χ4v) is 5.17. The molecule has 4 nitrogen and oxygen atoms in total. The van der Waals surface area contributed by atoms with Gasteiger partial charge in [-0.3, -0.25) is 14.7 Å². The molecule has 2 atom stereocenters. The summed E-state index contributed by atoms with van der Waals surface area (Å²) < 4.78 is 0. The van der Waals surface area contributed by atoms with Crippen molar-refractivity contribution in [3.8, 4) is 0 Å². The molecule has 3 aliphatic heterocycles. The van der Waals surface area contributed by atoms with Gasteiger partial charge in [-0.1, -0.05) is 0 Å². The van der Waals surface area contributed by atoms with Crippen molar-refractivity contribution >= 4 is 0 Å². The number of hydrogen-bond acceptors (Lipinski definition) is 4. The maximum absolute atomic E-state index is 2.83. The van der Waals surface area contributed by atoms with Crippen molar-refractivity contribution in [3.05, 3.63) is 0 Å². The molecule has 4 heteroatoms. The van der Waals surface area contributed by atoms with E-state index in [1.807, 2.05) is 0 Å². The summed E-state index contributed by atoms with van der Waals surface area (Å²) in [6.07, 6.45) is 4.19. The monoisotopic (exact) mass is 364 g/mol. The van der Waals surface area contributed by atoms with E-state index in [1.165, 1.54) is 78.2 Å². The predicted molar refractivity (Wildman–Crippen MR) is 112 cm³/mol. The summed E-state index contributed by atoms with van der Waals surface area (Å²) in [6.45, 7) is 25.7. The van der Waals surface area contributed by atoms with Crippen molar-refractivity contribution in [2.45, 2.75) is 77.9 Å². The van der Waals surface area contributed by atoms with Gasteiger partial charge in [-0.25, -0.2) is 0 Å². The Balaban J connectivity index is 1.43. The largest absolute Gasteiger partial charge is 0.300 e. The maximum atomic E-state index is 2.83. The van der Waals surface area contributed by atoms with Gasteiger partial charge in [-0.2, -0.15) is 0 Å². The van der Waals surface area contributed by atoms with Gasteiger partial charge in [0.15, 0.2) is 0 Å². The minimum Gasteiger partial charge on any atom is -0.300 e. The average Bonchev–Trinajstić information content (AvgIpc) is 3.02. The van der Waals surface area contributed by atoms with Gasteiger partial charge in [0.05, 0.1) is 0 Å². The molecule has 0 aromatic carbocycles. The number of likely N-dealkylation sites (tertiary alicyclic amines) is 2. The summed E-state index contributed by atoms with van der Waals surface area (Å²) in [6, 6.07) is 0.797. The lowest BCUT2D eigenvalue weighted by Gasteiger charge is -2.44. The number of piperidine rings is 1. The van der Waals surface area contributed by atoms with Crippen LogP contribution in [-0.2, 0) is 0 Å². The highest BCUT2D eigenvalue weighted by molar-refractivity contribution is 4.91. The highest BCUT2D eigenvalue weighted by Crippen LogP contribution is 2.28. The number of hydrogen-bond donors (Lipinski definition) is 0. The molecule has 0 aromatic rings. The quantitative estimate of drug-likeness (QED) is 0.763. The van der Waals surface area contributed by atoms with Gasteiger partial charge in [0.25, 0.3) is 0 Å². The van der Waals surface area contributed by atoms with E-state index < -0.39 is 0 Å². The van der Waals surface area contributed by atoms with E-state index in [0.717, 1.165) is 12.0 Å². The molecule has 26 heavy (non-hydrogen) atoms. The molecule has 3 fully saturated rings. The van der Waals surface area contributed by atoms with Gasteiger partial charge in [-0.15, -0.1) is 0 Å². The molecule has 0 radical (unpaired) electrons. The SMILES string of the molecule is CC(C)(C)N1CCN(CC2CCN(C3CCCN(C(C)(C)C)C3)C2)CC1. The Bertz CT molecular complexity index is 442. The van der Waals surface area contributed by atoms with Crippen LogP contribution in [-0.4, -0.2) is 95.6 Å². The van der Waals surface area contributed by atoms with Crippen LogP contribution in [0.3, 0.4) is 0 Å². The van der Waals surface area contributed by atoms with Gasteiger partial charge in [0, 0.05) is 62.9 Å². The lowest BCUT2D eigenvalue weighted by Crippen LogP contribution is -2.54. The molecule has 3 heterocycles. The normalized spacial score (nSPS) is 31.6. The predicted octanol–water partition coefficient (Wildman–Crippen LogP) is 2.99. The molecule has 3 aliphatic rings. The molecule has 2 unspecified atom stereocenters. The van der Waals surface area contributed by atoms with Gasteiger partial charge >= 0.3 is 0 Å². The third-order valence-corrected chi connectivity index (χ3v) is 7.02. The van der Waals surface area contributed by atoms with Crippen LogP contribution in [0.2, 0.25) is 0 Å². The third kappa shape index (κ3) is 5.21. The van der Waals surface area contributed by atoms with Crippen LogP contribution in [0.4, 0.5) is 0 Å². The van der Waals surface area contributed by atoms with Crippen molar-refractivity contribution in [1.29, 1.82) is 0 Å². The molecule has 0 saturated carbocycles. The van der Waals surface area contributed by atoms with Gasteiger partial charge in [0.2, 0.25) is 0 Å². The summed E-state index contributed by atoms with van der Waals surface area (Å²) in [4.78, 5) is 10.9. The topological polar surface area (TPSA) is 13.0 Å². The minimum atomic E-state index is 0.324. The van der Waals surface area contributed by atoms with E-state index in [-0.39, 0.29) is 0 Å². The van der Waals surface area contributed by atoms with Gasteiger partial charge in [0.1, 0.15) is 0 Å². The second-order valence-electron chi connectivity index (χ2n) is 11.0. The van der Waals surface area contributed by atoms with Crippen LogP contribution in [0, 0.1) is 5.92 Å². The molecule has 3 saturated heterocycles. The third-order valence-electron chi connectivity index (χ3n) is 7.02. The second-order valence-corrected chi connectivity index (χ2v) is 11.0. The molecule has 0 aromatic heterocycles. The van der Waals surface area contributed by atoms with E-state index in [4.69, 9.17) is 0 Å². The molecule has 0 aliphatic carbocycles. The first-order valence-corrected chi connectivity index (χ1v) is 11.1. The Morgan fingerprint density at radius 1 is 0.692 bits per heavy atom. The van der Waals surface area contributed by atoms with Crippen LogP contribution < -0.4 is 0 Å². The van der Waals surface area contributed by atoms with Crippen LogP contribution >= 0.6 is 0 Å². The fraction of sp³-hybridized carbons (Fsp3) is 1.00. The molecule has 3 rings (SSSR count). The van der Waals surface area contributed by atoms with E-state index in [1.54, 1.807) is 0 Å². The molecule has 0 spiro atoms. The molecular formula is C22H44N4. The Labute approximate surface area is 162 Å². The summed E-state index contributed by atoms with van der Waals surface area (Å²) in [5, 5.41) is 0. The lowest BCUT2D eigenvalue weighted by atomic mass is 9.97. The standard InChI is InChI=1S/C22H44N4/c1-21(2,3)25-14-12-23(13-15-25)16-19-9-11-24(17-19)20-8-7-10-26(18-20)22(4,5)6/h19-20H,7-18H2,1-6H3. The minimum absolute atomic E-state index is 0.324. The average molecular weight is 365 g/mol. The van der Waals surface area contributed by atoms with Crippen molar-refractivity contribution in [3.63, 3.8) is 0 Å². The molecule has 152 valence electrons. The lowest BCUT2D eigenvalue weighted by molar-refractivity contribution is 0.0452. The Hall–Kier alpha value is -0.160. The molecule has 0 amide bonds. The molecule has 0 bridgehead atoms. The maximum Gasteiger partial charge on any atom is 0.0223 e. The summed E-state index contributed by atoms with van der Waals surface area (Å²) in [5.41, 5.74) is 0.653. The Morgan fingerprint density at radius 2 is 1.35 bits per heavy atom. The zero-order valence-electron chi connectivity index (χ0n) is 18.4. The zero-order valence-corrected chi connectivity index (χ0v) is 18.4.